The van der Waals surface area contributed by atoms with E-state index in [9.17, 15) is 14.4 Å². The highest BCUT2D eigenvalue weighted by Gasteiger charge is 2.40. The summed E-state index contributed by atoms with van der Waals surface area (Å²) in [5, 5.41) is 2.63. The predicted octanol–water partition coefficient (Wildman–Crippen LogP) is 2.10. The third kappa shape index (κ3) is 3.56. The van der Waals surface area contributed by atoms with Gasteiger partial charge in [-0.1, -0.05) is 18.2 Å². The van der Waals surface area contributed by atoms with E-state index >= 15 is 0 Å². The van der Waals surface area contributed by atoms with Crippen LogP contribution < -0.4 is 19.7 Å². The molecule has 0 bridgehead atoms. The van der Waals surface area contributed by atoms with Gasteiger partial charge in [-0.05, 0) is 41.8 Å². The molecule has 1 saturated heterocycles. The fourth-order valence-corrected chi connectivity index (χ4v) is 3.89. The highest BCUT2D eigenvalue weighted by atomic mass is 16.5. The number of nitrogens with zero attached hydrogens (tertiary/aromatic N) is 2. The molecule has 8 nitrogen and oxygen atoms in total. The number of benzene rings is 2. The Labute approximate surface area is 174 Å². The van der Waals surface area contributed by atoms with Gasteiger partial charge in [0.25, 0.3) is 5.91 Å². The average Bonchev–Trinajstić information content (AvgIpc) is 3.05. The fourth-order valence-electron chi connectivity index (χ4n) is 3.89. The summed E-state index contributed by atoms with van der Waals surface area (Å²) in [6.45, 7) is 0.963. The molecule has 0 aliphatic carbocycles. The maximum absolute atomic E-state index is 12.9. The van der Waals surface area contributed by atoms with Crippen molar-refractivity contribution in [3.63, 3.8) is 0 Å². The van der Waals surface area contributed by atoms with E-state index in [1.807, 2.05) is 18.2 Å². The predicted molar refractivity (Wildman–Crippen MR) is 110 cm³/mol. The van der Waals surface area contributed by atoms with Gasteiger partial charge in [0.1, 0.15) is 6.04 Å². The molecule has 0 unspecified atom stereocenters. The molecule has 2 aliphatic heterocycles. The number of nitrogens with one attached hydrogen (secondary N) is 1. The highest BCUT2D eigenvalue weighted by molar-refractivity contribution is 6.22. The Bertz CT molecular complexity index is 992. The third-order valence-electron chi connectivity index (χ3n) is 5.48. The van der Waals surface area contributed by atoms with Crippen LogP contribution in [0.15, 0.2) is 42.5 Å². The smallest absolute Gasteiger partial charge is 0.329 e. The minimum absolute atomic E-state index is 0.0729. The number of hydrogen-bond acceptors (Lipinski definition) is 5. The largest absolute Gasteiger partial charge is 0.493 e. The number of carbonyl (C=O) groups excluding carboxylic acids is 3. The van der Waals surface area contributed by atoms with Crippen LogP contribution in [0, 0.1) is 0 Å². The Kier molecular flexibility index (Phi) is 5.31. The number of ether oxygens (including phenoxy) is 2. The first-order chi connectivity index (χ1) is 14.5. The van der Waals surface area contributed by atoms with E-state index in [4.69, 9.17) is 9.47 Å². The maximum Gasteiger partial charge on any atom is 0.329 e. The first-order valence-electron chi connectivity index (χ1n) is 9.73. The van der Waals surface area contributed by atoms with Gasteiger partial charge in [0, 0.05) is 13.1 Å². The minimum Gasteiger partial charge on any atom is -0.493 e. The third-order valence-corrected chi connectivity index (χ3v) is 5.48. The molecule has 8 heteroatoms. The standard InChI is InChI=1S/C22H23N3O5/c1-29-18-10-14-8-9-24(13-15(14)11-19(18)30-2)20(26)12-17-21(27)25(22(28)23-17)16-6-4-3-5-7-16/h3-7,10-11,17H,8-9,12-13H2,1-2H3,(H,23,28)/t17-/m1/s1. The lowest BCUT2D eigenvalue weighted by Crippen LogP contribution is -2.41. The Morgan fingerprint density at radius 1 is 1.07 bits per heavy atom. The van der Waals surface area contributed by atoms with Crippen LogP contribution in [0.2, 0.25) is 0 Å². The van der Waals surface area contributed by atoms with Gasteiger partial charge in [0.15, 0.2) is 11.5 Å². The van der Waals surface area contributed by atoms with Crippen molar-refractivity contribution in [2.75, 3.05) is 25.7 Å². The average molecular weight is 409 g/mol. The zero-order chi connectivity index (χ0) is 21.3. The fraction of sp³-hybridized carbons (Fsp3) is 0.318. The van der Waals surface area contributed by atoms with Crippen LogP contribution in [0.1, 0.15) is 17.5 Å². The normalized spacial score (nSPS) is 18.1. The molecular formula is C22H23N3O5. The maximum atomic E-state index is 12.9. The van der Waals surface area contributed by atoms with Crippen LogP contribution in [0.3, 0.4) is 0 Å². The molecule has 1 atom stereocenters. The summed E-state index contributed by atoms with van der Waals surface area (Å²) in [6.07, 6.45) is 0.610. The molecule has 30 heavy (non-hydrogen) atoms. The summed E-state index contributed by atoms with van der Waals surface area (Å²) < 4.78 is 10.7. The summed E-state index contributed by atoms with van der Waals surface area (Å²) in [5.41, 5.74) is 2.58. The summed E-state index contributed by atoms with van der Waals surface area (Å²) in [7, 11) is 3.16. The van der Waals surface area contributed by atoms with Crippen molar-refractivity contribution >= 4 is 23.5 Å². The molecule has 1 fully saturated rings. The second-order valence-corrected chi connectivity index (χ2v) is 7.26. The minimum atomic E-state index is -0.864. The van der Waals surface area contributed by atoms with Crippen molar-refractivity contribution in [3.8, 4) is 11.5 Å². The van der Waals surface area contributed by atoms with E-state index in [2.05, 4.69) is 5.32 Å². The van der Waals surface area contributed by atoms with Gasteiger partial charge in [-0.3, -0.25) is 9.59 Å². The number of fused-ring (bicyclic) bond motifs is 1. The molecule has 2 heterocycles. The number of urea groups is 1. The lowest BCUT2D eigenvalue weighted by Gasteiger charge is -2.30. The van der Waals surface area contributed by atoms with Crippen LogP contribution in [0.4, 0.5) is 10.5 Å². The highest BCUT2D eigenvalue weighted by Crippen LogP contribution is 2.33. The van der Waals surface area contributed by atoms with Crippen molar-refractivity contribution in [2.24, 2.45) is 0 Å². The molecule has 0 spiro atoms. The van der Waals surface area contributed by atoms with Crippen LogP contribution in [-0.2, 0) is 22.6 Å². The zero-order valence-electron chi connectivity index (χ0n) is 16.9. The molecule has 156 valence electrons. The quantitative estimate of drug-likeness (QED) is 0.764. The Morgan fingerprint density at radius 2 is 1.73 bits per heavy atom. The van der Waals surface area contributed by atoms with Crippen molar-refractivity contribution < 1.29 is 23.9 Å². The van der Waals surface area contributed by atoms with Crippen molar-refractivity contribution in [1.29, 1.82) is 0 Å². The number of anilines is 1. The molecule has 2 aliphatic rings. The monoisotopic (exact) mass is 409 g/mol. The van der Waals surface area contributed by atoms with Crippen molar-refractivity contribution in [1.82, 2.24) is 10.2 Å². The molecule has 1 N–H and O–H groups in total. The van der Waals surface area contributed by atoms with Gasteiger partial charge in [-0.25, -0.2) is 9.69 Å². The summed E-state index contributed by atoms with van der Waals surface area (Å²) in [6, 6.07) is 11.1. The summed E-state index contributed by atoms with van der Waals surface area (Å²) in [5.74, 6) is 0.686. The lowest BCUT2D eigenvalue weighted by atomic mass is 9.98. The SMILES string of the molecule is COc1cc2c(cc1OC)CN(C(=O)C[C@H]1NC(=O)N(c3ccccc3)C1=O)CC2. The molecule has 2 aromatic carbocycles. The van der Waals surface area contributed by atoms with Gasteiger partial charge in [0.2, 0.25) is 5.91 Å². The molecule has 4 amide bonds. The van der Waals surface area contributed by atoms with E-state index in [0.717, 1.165) is 16.0 Å². The van der Waals surface area contributed by atoms with Gasteiger partial charge in [-0.15, -0.1) is 0 Å². The van der Waals surface area contributed by atoms with Gasteiger partial charge < -0.3 is 19.7 Å². The van der Waals surface area contributed by atoms with Crippen molar-refractivity contribution in [3.05, 3.63) is 53.6 Å². The van der Waals surface area contributed by atoms with E-state index in [1.165, 1.54) is 0 Å². The second-order valence-electron chi connectivity index (χ2n) is 7.26. The molecule has 0 aromatic heterocycles. The number of imide groups is 1. The molecule has 0 radical (unpaired) electrons. The Morgan fingerprint density at radius 3 is 2.40 bits per heavy atom. The lowest BCUT2D eigenvalue weighted by molar-refractivity contribution is -0.134. The Balaban J connectivity index is 1.45. The number of carbonyl (C=O) groups is 3. The number of amides is 4. The van der Waals surface area contributed by atoms with Crippen LogP contribution in [-0.4, -0.2) is 49.6 Å². The second kappa shape index (κ2) is 8.06. The number of methoxy groups -OCH3 is 2. The van der Waals surface area contributed by atoms with Gasteiger partial charge in [-0.2, -0.15) is 0 Å². The first kappa shape index (κ1) is 19.8. The first-order valence-corrected chi connectivity index (χ1v) is 9.73. The van der Waals surface area contributed by atoms with E-state index in [0.29, 0.717) is 36.7 Å². The molecule has 2 aromatic rings. The van der Waals surface area contributed by atoms with Crippen LogP contribution in [0.25, 0.3) is 0 Å². The van der Waals surface area contributed by atoms with Crippen LogP contribution >= 0.6 is 0 Å². The summed E-state index contributed by atoms with van der Waals surface area (Å²) >= 11 is 0. The summed E-state index contributed by atoms with van der Waals surface area (Å²) in [4.78, 5) is 40.7. The zero-order valence-corrected chi connectivity index (χ0v) is 16.9. The van der Waals surface area contributed by atoms with E-state index < -0.39 is 18.0 Å². The Hall–Kier alpha value is -3.55. The number of para-hydroxylation sites is 1. The van der Waals surface area contributed by atoms with Gasteiger partial charge >= 0.3 is 6.03 Å². The van der Waals surface area contributed by atoms with Crippen molar-refractivity contribution in [2.45, 2.75) is 25.4 Å². The topological polar surface area (TPSA) is 88.2 Å². The van der Waals surface area contributed by atoms with Gasteiger partial charge in [0.05, 0.1) is 26.3 Å². The molecule has 4 rings (SSSR count). The molecule has 0 saturated carbocycles. The molecular weight excluding hydrogens is 386 g/mol. The number of rotatable bonds is 5. The van der Waals surface area contributed by atoms with E-state index in [1.54, 1.807) is 43.4 Å². The van der Waals surface area contributed by atoms with Crippen LogP contribution in [0.5, 0.6) is 11.5 Å². The van der Waals surface area contributed by atoms with E-state index in [-0.39, 0.29) is 12.3 Å². The number of hydrogen-bond donors (Lipinski definition) is 1.